The molecule has 1 N–H and O–H groups in total. The maximum absolute atomic E-state index is 13.8. The molecule has 2 unspecified atom stereocenters. The first-order valence-electron chi connectivity index (χ1n) is 6.93. The molecule has 2 aromatic carbocycles. The zero-order valence-electron chi connectivity index (χ0n) is 11.4. The van der Waals surface area contributed by atoms with Gasteiger partial charge >= 0.3 is 0 Å². The summed E-state index contributed by atoms with van der Waals surface area (Å²) in [5, 5.41) is 3.42. The Morgan fingerprint density at radius 3 is 2.50 bits per heavy atom. The molecule has 0 amide bonds. The van der Waals surface area contributed by atoms with Crippen molar-refractivity contribution in [2.24, 2.45) is 0 Å². The van der Waals surface area contributed by atoms with Crippen LogP contribution in [0, 0.1) is 11.6 Å². The van der Waals surface area contributed by atoms with E-state index < -0.39 is 11.6 Å². The number of fused-ring (bicyclic) bond motifs is 1. The predicted octanol–water partition coefficient (Wildman–Crippen LogP) is 4.50. The van der Waals surface area contributed by atoms with E-state index in [4.69, 9.17) is 0 Å². The Labute approximate surface area is 117 Å². The number of rotatable bonds is 2. The molecule has 0 aromatic heterocycles. The number of hydrogen-bond donors (Lipinski definition) is 1. The lowest BCUT2D eigenvalue weighted by Crippen LogP contribution is -2.26. The van der Waals surface area contributed by atoms with Gasteiger partial charge in [-0.2, -0.15) is 0 Å². The van der Waals surface area contributed by atoms with Gasteiger partial charge in [-0.1, -0.05) is 24.3 Å². The van der Waals surface area contributed by atoms with Crippen molar-refractivity contribution in [3.63, 3.8) is 0 Å². The Hall–Kier alpha value is -1.90. The largest absolute Gasteiger partial charge is 0.382 e. The van der Waals surface area contributed by atoms with E-state index in [-0.39, 0.29) is 11.5 Å². The van der Waals surface area contributed by atoms with Crippen LogP contribution in [0.15, 0.2) is 42.5 Å². The molecule has 0 saturated heterocycles. The fourth-order valence-electron chi connectivity index (χ4n) is 3.03. The SMILES string of the molecule is CC1CC(Cc2c(F)cccc2F)c2ccccc2N1. The van der Waals surface area contributed by atoms with Crippen molar-refractivity contribution < 1.29 is 8.78 Å². The summed E-state index contributed by atoms with van der Waals surface area (Å²) in [6.07, 6.45) is 1.28. The average Bonchev–Trinajstić information content (AvgIpc) is 2.42. The Morgan fingerprint density at radius 1 is 1.05 bits per heavy atom. The molecule has 1 aliphatic heterocycles. The topological polar surface area (TPSA) is 12.0 Å². The standard InChI is InChI=1S/C17H17F2N/c1-11-9-12(13-5-2-3-8-17(13)20-11)10-14-15(18)6-4-7-16(14)19/h2-8,11-12,20H,9-10H2,1H3. The highest BCUT2D eigenvalue weighted by Crippen LogP contribution is 2.36. The van der Waals surface area contributed by atoms with Crippen LogP contribution in [0.5, 0.6) is 0 Å². The summed E-state index contributed by atoms with van der Waals surface area (Å²) in [6, 6.07) is 12.4. The first-order chi connectivity index (χ1) is 9.65. The van der Waals surface area contributed by atoms with E-state index in [1.165, 1.54) is 18.2 Å². The fourth-order valence-corrected chi connectivity index (χ4v) is 3.03. The molecule has 0 bridgehead atoms. The molecule has 0 fully saturated rings. The van der Waals surface area contributed by atoms with Gasteiger partial charge in [0.1, 0.15) is 11.6 Å². The monoisotopic (exact) mass is 273 g/mol. The van der Waals surface area contributed by atoms with Crippen molar-refractivity contribution in [1.82, 2.24) is 0 Å². The van der Waals surface area contributed by atoms with Gasteiger partial charge in [0.25, 0.3) is 0 Å². The number of anilines is 1. The van der Waals surface area contributed by atoms with Gasteiger partial charge in [-0.3, -0.25) is 0 Å². The summed E-state index contributed by atoms with van der Waals surface area (Å²) in [5.74, 6) is -0.754. The molecular formula is C17H17F2N. The van der Waals surface area contributed by atoms with E-state index in [9.17, 15) is 8.78 Å². The molecule has 2 aromatic rings. The lowest BCUT2D eigenvalue weighted by atomic mass is 9.83. The van der Waals surface area contributed by atoms with E-state index in [1.807, 2.05) is 24.3 Å². The molecule has 0 spiro atoms. The van der Waals surface area contributed by atoms with E-state index in [2.05, 4.69) is 12.2 Å². The number of nitrogens with one attached hydrogen (secondary N) is 1. The third-order valence-electron chi connectivity index (χ3n) is 3.95. The molecule has 3 heteroatoms. The van der Waals surface area contributed by atoms with E-state index in [1.54, 1.807) is 0 Å². The van der Waals surface area contributed by atoms with Gasteiger partial charge in [0.15, 0.2) is 0 Å². The highest BCUT2D eigenvalue weighted by Gasteiger charge is 2.25. The van der Waals surface area contributed by atoms with Crippen molar-refractivity contribution in [3.05, 3.63) is 65.2 Å². The lowest BCUT2D eigenvalue weighted by molar-refractivity contribution is 0.504. The minimum absolute atomic E-state index is 0.147. The van der Waals surface area contributed by atoms with Gasteiger partial charge in [0, 0.05) is 17.3 Å². The fraction of sp³-hybridized carbons (Fsp3) is 0.294. The molecule has 3 rings (SSSR count). The maximum Gasteiger partial charge on any atom is 0.129 e. The van der Waals surface area contributed by atoms with Gasteiger partial charge in [0.2, 0.25) is 0 Å². The molecule has 1 heterocycles. The first kappa shape index (κ1) is 13.1. The smallest absolute Gasteiger partial charge is 0.129 e. The number of halogens is 2. The number of para-hydroxylation sites is 1. The van der Waals surface area contributed by atoms with Crippen LogP contribution in [-0.2, 0) is 6.42 Å². The number of hydrogen-bond acceptors (Lipinski definition) is 1. The molecule has 104 valence electrons. The third-order valence-corrected chi connectivity index (χ3v) is 3.95. The quantitative estimate of drug-likeness (QED) is 0.849. The minimum atomic E-state index is -0.450. The molecule has 0 radical (unpaired) electrons. The Kier molecular flexibility index (Phi) is 3.43. The minimum Gasteiger partial charge on any atom is -0.382 e. The summed E-state index contributed by atoms with van der Waals surface area (Å²) in [4.78, 5) is 0. The predicted molar refractivity (Wildman–Crippen MR) is 76.9 cm³/mol. The summed E-state index contributed by atoms with van der Waals surface area (Å²) >= 11 is 0. The van der Waals surface area contributed by atoms with Crippen LogP contribution in [0.1, 0.15) is 30.4 Å². The zero-order valence-corrected chi connectivity index (χ0v) is 11.4. The second-order valence-electron chi connectivity index (χ2n) is 5.47. The lowest BCUT2D eigenvalue weighted by Gasteiger charge is -2.31. The maximum atomic E-state index is 13.8. The van der Waals surface area contributed by atoms with E-state index in [0.717, 1.165) is 17.7 Å². The van der Waals surface area contributed by atoms with Crippen molar-refractivity contribution in [3.8, 4) is 0 Å². The molecule has 0 aliphatic carbocycles. The average molecular weight is 273 g/mol. The zero-order chi connectivity index (χ0) is 14.1. The molecule has 1 aliphatic rings. The van der Waals surface area contributed by atoms with Crippen molar-refractivity contribution >= 4 is 5.69 Å². The Bertz CT molecular complexity index is 604. The van der Waals surface area contributed by atoms with Gasteiger partial charge in [-0.05, 0) is 49.4 Å². The molecule has 0 saturated carbocycles. The van der Waals surface area contributed by atoms with Crippen LogP contribution in [-0.4, -0.2) is 6.04 Å². The van der Waals surface area contributed by atoms with Crippen molar-refractivity contribution in [2.45, 2.75) is 31.7 Å². The summed E-state index contributed by atoms with van der Waals surface area (Å²) in [6.45, 7) is 2.10. The van der Waals surface area contributed by atoms with Gasteiger partial charge in [0.05, 0.1) is 0 Å². The first-order valence-corrected chi connectivity index (χ1v) is 6.93. The highest BCUT2D eigenvalue weighted by molar-refractivity contribution is 5.56. The normalized spacial score (nSPS) is 21.1. The second kappa shape index (κ2) is 5.23. The molecular weight excluding hydrogens is 256 g/mol. The molecule has 2 atom stereocenters. The van der Waals surface area contributed by atoms with E-state index >= 15 is 0 Å². The second-order valence-corrected chi connectivity index (χ2v) is 5.47. The van der Waals surface area contributed by atoms with Gasteiger partial charge in [-0.25, -0.2) is 8.78 Å². The molecule has 1 nitrogen and oxygen atoms in total. The van der Waals surface area contributed by atoms with Crippen LogP contribution in [0.3, 0.4) is 0 Å². The van der Waals surface area contributed by atoms with Gasteiger partial charge in [-0.15, -0.1) is 0 Å². The van der Waals surface area contributed by atoms with Crippen LogP contribution >= 0.6 is 0 Å². The van der Waals surface area contributed by atoms with Crippen LogP contribution < -0.4 is 5.32 Å². The highest BCUT2D eigenvalue weighted by atomic mass is 19.1. The van der Waals surface area contributed by atoms with Crippen molar-refractivity contribution in [1.29, 1.82) is 0 Å². The van der Waals surface area contributed by atoms with Crippen molar-refractivity contribution in [2.75, 3.05) is 5.32 Å². The number of benzene rings is 2. The van der Waals surface area contributed by atoms with Crippen LogP contribution in [0.25, 0.3) is 0 Å². The van der Waals surface area contributed by atoms with Crippen LogP contribution in [0.4, 0.5) is 14.5 Å². The molecule has 20 heavy (non-hydrogen) atoms. The van der Waals surface area contributed by atoms with Crippen LogP contribution in [0.2, 0.25) is 0 Å². The summed E-state index contributed by atoms with van der Waals surface area (Å²) in [7, 11) is 0. The van der Waals surface area contributed by atoms with E-state index in [0.29, 0.717) is 12.5 Å². The Balaban J connectivity index is 1.95. The summed E-state index contributed by atoms with van der Waals surface area (Å²) in [5.41, 5.74) is 2.42. The third kappa shape index (κ3) is 2.40. The Morgan fingerprint density at radius 2 is 1.75 bits per heavy atom. The summed E-state index contributed by atoms with van der Waals surface area (Å²) < 4.78 is 27.6. The van der Waals surface area contributed by atoms with Gasteiger partial charge < -0.3 is 5.32 Å².